The Hall–Kier alpha value is -1.55. The van der Waals surface area contributed by atoms with Crippen LogP contribution in [-0.2, 0) is 4.79 Å². The zero-order chi connectivity index (χ0) is 13.8. The number of rotatable bonds is 3. The Balaban J connectivity index is 2.32. The molecule has 1 aliphatic heterocycles. The van der Waals surface area contributed by atoms with Crippen LogP contribution in [0.25, 0.3) is 0 Å². The minimum atomic E-state index is -0.156. The Morgan fingerprint density at radius 1 is 1.47 bits per heavy atom. The van der Waals surface area contributed by atoms with Crippen molar-refractivity contribution >= 4 is 11.6 Å². The summed E-state index contributed by atoms with van der Waals surface area (Å²) in [5.74, 6) is 0.531. The molecule has 19 heavy (non-hydrogen) atoms. The van der Waals surface area contributed by atoms with Crippen LogP contribution in [0.1, 0.15) is 18.9 Å². The molecule has 1 fully saturated rings. The van der Waals surface area contributed by atoms with E-state index >= 15 is 0 Å². The van der Waals surface area contributed by atoms with Crippen molar-refractivity contribution in [3.05, 3.63) is 29.8 Å². The van der Waals surface area contributed by atoms with Crippen molar-refractivity contribution in [1.82, 2.24) is 5.32 Å². The van der Waals surface area contributed by atoms with Gasteiger partial charge in [-0.25, -0.2) is 0 Å². The summed E-state index contributed by atoms with van der Waals surface area (Å²) in [6.45, 7) is 6.38. The van der Waals surface area contributed by atoms with Gasteiger partial charge in [0.2, 0.25) is 5.91 Å². The Morgan fingerprint density at radius 3 is 2.95 bits per heavy atom. The Morgan fingerprint density at radius 2 is 2.26 bits per heavy atom. The van der Waals surface area contributed by atoms with Gasteiger partial charge in [0.15, 0.2) is 0 Å². The predicted molar refractivity (Wildman–Crippen MR) is 78.2 cm³/mol. The van der Waals surface area contributed by atoms with Gasteiger partial charge in [-0.1, -0.05) is 19.1 Å². The molecular formula is C15H23N3O. The molecule has 2 rings (SSSR count). The molecule has 0 radical (unpaired) electrons. The highest BCUT2D eigenvalue weighted by Gasteiger charge is 2.29. The minimum absolute atomic E-state index is 0.0938. The third-order valence-electron chi connectivity index (χ3n) is 3.59. The van der Waals surface area contributed by atoms with Gasteiger partial charge in [0, 0.05) is 18.8 Å². The molecular weight excluding hydrogens is 238 g/mol. The van der Waals surface area contributed by atoms with E-state index in [0.29, 0.717) is 18.9 Å². The van der Waals surface area contributed by atoms with E-state index in [-0.39, 0.29) is 11.9 Å². The monoisotopic (exact) mass is 261 g/mol. The minimum Gasteiger partial charge on any atom is -0.359 e. The largest absolute Gasteiger partial charge is 0.359 e. The van der Waals surface area contributed by atoms with Crippen LogP contribution >= 0.6 is 0 Å². The molecule has 1 aliphatic rings. The molecule has 0 aliphatic carbocycles. The van der Waals surface area contributed by atoms with Crippen LogP contribution in [0, 0.1) is 12.8 Å². The fourth-order valence-electron chi connectivity index (χ4n) is 2.60. The Labute approximate surface area is 115 Å². The summed E-state index contributed by atoms with van der Waals surface area (Å²) in [5, 5.41) is 3.01. The molecule has 0 bridgehead atoms. The van der Waals surface area contributed by atoms with Crippen molar-refractivity contribution in [1.29, 1.82) is 0 Å². The molecule has 4 heteroatoms. The SMILES string of the molecule is Cc1cccc(N2CC(C)CNC(=O)C2CCN)c1. The maximum Gasteiger partial charge on any atom is 0.242 e. The van der Waals surface area contributed by atoms with Crippen molar-refractivity contribution in [3.63, 3.8) is 0 Å². The first-order chi connectivity index (χ1) is 9.11. The van der Waals surface area contributed by atoms with Gasteiger partial charge in [0.25, 0.3) is 0 Å². The normalized spacial score (nSPS) is 23.9. The van der Waals surface area contributed by atoms with E-state index in [4.69, 9.17) is 5.73 Å². The number of carbonyl (C=O) groups is 1. The first kappa shape index (κ1) is 13.9. The van der Waals surface area contributed by atoms with Gasteiger partial charge >= 0.3 is 0 Å². The van der Waals surface area contributed by atoms with Gasteiger partial charge in [-0.05, 0) is 43.5 Å². The first-order valence-electron chi connectivity index (χ1n) is 6.93. The fraction of sp³-hybridized carbons (Fsp3) is 0.533. The number of hydrogen-bond acceptors (Lipinski definition) is 3. The van der Waals surface area contributed by atoms with Crippen molar-refractivity contribution < 1.29 is 4.79 Å². The average molecular weight is 261 g/mol. The number of anilines is 1. The number of hydrogen-bond donors (Lipinski definition) is 2. The standard InChI is InChI=1S/C15H23N3O/c1-11-4-3-5-13(8-11)18-10-12(2)9-17-15(19)14(18)6-7-16/h3-5,8,12,14H,6-7,9-10,16H2,1-2H3,(H,17,19). The quantitative estimate of drug-likeness (QED) is 0.862. The summed E-state index contributed by atoms with van der Waals surface area (Å²) < 4.78 is 0. The smallest absolute Gasteiger partial charge is 0.242 e. The second-order valence-corrected chi connectivity index (χ2v) is 5.43. The summed E-state index contributed by atoms with van der Waals surface area (Å²) in [4.78, 5) is 14.4. The summed E-state index contributed by atoms with van der Waals surface area (Å²) in [6, 6.07) is 8.16. The number of nitrogens with one attached hydrogen (secondary N) is 1. The van der Waals surface area contributed by atoms with E-state index in [0.717, 1.165) is 18.8 Å². The second-order valence-electron chi connectivity index (χ2n) is 5.43. The number of carbonyl (C=O) groups excluding carboxylic acids is 1. The molecule has 1 amide bonds. The van der Waals surface area contributed by atoms with Gasteiger partial charge in [-0.3, -0.25) is 4.79 Å². The van der Waals surface area contributed by atoms with Gasteiger partial charge in [0.1, 0.15) is 6.04 Å². The van der Waals surface area contributed by atoms with Crippen LogP contribution in [-0.4, -0.2) is 31.6 Å². The van der Waals surface area contributed by atoms with Crippen molar-refractivity contribution in [3.8, 4) is 0 Å². The van der Waals surface area contributed by atoms with Gasteiger partial charge in [-0.2, -0.15) is 0 Å². The number of nitrogens with two attached hydrogens (primary N) is 1. The van der Waals surface area contributed by atoms with Crippen LogP contribution in [0.5, 0.6) is 0 Å². The van der Waals surface area contributed by atoms with Crippen molar-refractivity contribution in [2.75, 3.05) is 24.5 Å². The van der Waals surface area contributed by atoms with Crippen molar-refractivity contribution in [2.24, 2.45) is 11.7 Å². The van der Waals surface area contributed by atoms with Crippen LogP contribution in [0.15, 0.2) is 24.3 Å². The lowest BCUT2D eigenvalue weighted by atomic mass is 10.1. The van der Waals surface area contributed by atoms with E-state index in [1.807, 2.05) is 6.07 Å². The molecule has 104 valence electrons. The highest BCUT2D eigenvalue weighted by Crippen LogP contribution is 2.23. The Bertz CT molecular complexity index is 447. The average Bonchev–Trinajstić information content (AvgIpc) is 2.52. The molecule has 0 spiro atoms. The molecule has 2 atom stereocenters. The first-order valence-corrected chi connectivity index (χ1v) is 6.93. The predicted octanol–water partition coefficient (Wildman–Crippen LogP) is 1.28. The number of aryl methyl sites for hydroxylation is 1. The second kappa shape index (κ2) is 6.06. The lowest BCUT2D eigenvalue weighted by Gasteiger charge is -2.31. The third-order valence-corrected chi connectivity index (χ3v) is 3.59. The number of benzene rings is 1. The zero-order valence-corrected chi connectivity index (χ0v) is 11.7. The topological polar surface area (TPSA) is 58.4 Å². The van der Waals surface area contributed by atoms with E-state index < -0.39 is 0 Å². The van der Waals surface area contributed by atoms with Crippen LogP contribution in [0.2, 0.25) is 0 Å². The number of nitrogens with zero attached hydrogens (tertiary/aromatic N) is 1. The van der Waals surface area contributed by atoms with Gasteiger partial charge in [-0.15, -0.1) is 0 Å². The highest BCUT2D eigenvalue weighted by atomic mass is 16.2. The lowest BCUT2D eigenvalue weighted by Crippen LogP contribution is -2.45. The van der Waals surface area contributed by atoms with Gasteiger partial charge < -0.3 is 16.0 Å². The molecule has 2 unspecified atom stereocenters. The Kier molecular flexibility index (Phi) is 4.43. The molecule has 1 aromatic rings. The highest BCUT2D eigenvalue weighted by molar-refractivity contribution is 5.85. The molecule has 0 aromatic heterocycles. The summed E-state index contributed by atoms with van der Waals surface area (Å²) in [6.07, 6.45) is 0.687. The van der Waals surface area contributed by atoms with E-state index in [2.05, 4.69) is 42.3 Å². The van der Waals surface area contributed by atoms with Crippen LogP contribution in [0.3, 0.4) is 0 Å². The van der Waals surface area contributed by atoms with Gasteiger partial charge in [0.05, 0.1) is 0 Å². The summed E-state index contributed by atoms with van der Waals surface area (Å²) in [5.41, 5.74) is 7.99. The van der Waals surface area contributed by atoms with E-state index in [9.17, 15) is 4.79 Å². The molecule has 1 saturated heterocycles. The van der Waals surface area contributed by atoms with Crippen LogP contribution < -0.4 is 16.0 Å². The maximum absolute atomic E-state index is 12.2. The fourth-order valence-corrected chi connectivity index (χ4v) is 2.60. The third kappa shape index (κ3) is 3.26. The van der Waals surface area contributed by atoms with E-state index in [1.165, 1.54) is 5.56 Å². The molecule has 3 N–H and O–H groups in total. The molecule has 4 nitrogen and oxygen atoms in total. The van der Waals surface area contributed by atoms with Crippen LogP contribution in [0.4, 0.5) is 5.69 Å². The summed E-state index contributed by atoms with van der Waals surface area (Å²) in [7, 11) is 0. The van der Waals surface area contributed by atoms with Crippen molar-refractivity contribution in [2.45, 2.75) is 26.3 Å². The molecule has 0 saturated carbocycles. The summed E-state index contributed by atoms with van der Waals surface area (Å²) >= 11 is 0. The maximum atomic E-state index is 12.2. The molecule has 1 aromatic carbocycles. The number of amides is 1. The zero-order valence-electron chi connectivity index (χ0n) is 11.7. The molecule has 1 heterocycles. The van der Waals surface area contributed by atoms with E-state index in [1.54, 1.807) is 0 Å². The lowest BCUT2D eigenvalue weighted by molar-refractivity contribution is -0.122.